The molecule has 4 heteroatoms. The smallest absolute Gasteiger partial charge is 0.232 e. The van der Waals surface area contributed by atoms with Crippen LogP contribution in [0, 0.1) is 11.3 Å². The first-order valence-corrected chi connectivity index (χ1v) is 6.49. The highest BCUT2D eigenvalue weighted by Crippen LogP contribution is 2.33. The highest BCUT2D eigenvalue weighted by Gasteiger charge is 2.34. The van der Waals surface area contributed by atoms with Crippen LogP contribution in [0.3, 0.4) is 0 Å². The fourth-order valence-electron chi connectivity index (χ4n) is 1.64. The quantitative estimate of drug-likeness (QED) is 0.530. The molecule has 1 fully saturated rings. The van der Waals surface area contributed by atoms with E-state index in [2.05, 4.69) is 5.32 Å². The van der Waals surface area contributed by atoms with Crippen LogP contribution in [-0.4, -0.2) is 17.4 Å². The van der Waals surface area contributed by atoms with Crippen molar-refractivity contribution in [3.63, 3.8) is 0 Å². The van der Waals surface area contributed by atoms with Crippen LogP contribution < -0.4 is 11.1 Å². The van der Waals surface area contributed by atoms with Crippen molar-refractivity contribution in [2.45, 2.75) is 46.0 Å². The molecule has 0 saturated heterocycles. The van der Waals surface area contributed by atoms with Gasteiger partial charge in [-0.2, -0.15) is 0 Å². The van der Waals surface area contributed by atoms with E-state index in [4.69, 9.17) is 18.0 Å². The predicted molar refractivity (Wildman–Crippen MR) is 70.2 cm³/mol. The van der Waals surface area contributed by atoms with Crippen LogP contribution in [0.25, 0.3) is 0 Å². The zero-order valence-electron chi connectivity index (χ0n) is 10.2. The maximum absolute atomic E-state index is 11.9. The van der Waals surface area contributed by atoms with Crippen LogP contribution in [0.4, 0.5) is 0 Å². The van der Waals surface area contributed by atoms with E-state index in [1.54, 1.807) is 0 Å². The molecule has 16 heavy (non-hydrogen) atoms. The number of hydrogen-bond donors (Lipinski definition) is 2. The maximum Gasteiger partial charge on any atom is 0.232 e. The summed E-state index contributed by atoms with van der Waals surface area (Å²) in [6.45, 7) is 4.49. The van der Waals surface area contributed by atoms with E-state index in [-0.39, 0.29) is 10.9 Å². The predicted octanol–water partition coefficient (Wildman–Crippen LogP) is 2.00. The molecule has 0 aromatic carbocycles. The highest BCUT2D eigenvalue weighted by molar-refractivity contribution is 7.80. The second kappa shape index (κ2) is 5.62. The molecule has 1 unspecified atom stereocenters. The molecule has 1 aliphatic carbocycles. The molecule has 1 atom stereocenters. The molecule has 0 aromatic rings. The van der Waals surface area contributed by atoms with Crippen molar-refractivity contribution in [1.29, 1.82) is 0 Å². The van der Waals surface area contributed by atoms with E-state index in [0.29, 0.717) is 6.42 Å². The summed E-state index contributed by atoms with van der Waals surface area (Å²) < 4.78 is 0. The number of nitrogens with one attached hydrogen (secondary N) is 1. The third-order valence-corrected chi connectivity index (χ3v) is 3.97. The van der Waals surface area contributed by atoms with E-state index in [1.807, 2.05) is 13.8 Å². The fourth-order valence-corrected chi connectivity index (χ4v) is 1.88. The summed E-state index contributed by atoms with van der Waals surface area (Å²) in [7, 11) is 0. The summed E-state index contributed by atoms with van der Waals surface area (Å²) in [6, 6.07) is 0. The average molecular weight is 242 g/mol. The molecular weight excluding hydrogens is 220 g/mol. The number of carbonyl (C=O) groups excluding carboxylic acids is 1. The van der Waals surface area contributed by atoms with Crippen LogP contribution in [0.2, 0.25) is 0 Å². The topological polar surface area (TPSA) is 55.1 Å². The van der Waals surface area contributed by atoms with Crippen LogP contribution >= 0.6 is 12.2 Å². The van der Waals surface area contributed by atoms with Crippen molar-refractivity contribution >= 4 is 23.1 Å². The van der Waals surface area contributed by atoms with Gasteiger partial charge in [0.2, 0.25) is 5.91 Å². The van der Waals surface area contributed by atoms with Crippen LogP contribution in [0.1, 0.15) is 46.0 Å². The molecule has 0 spiro atoms. The third kappa shape index (κ3) is 3.44. The molecular formula is C12H22N2OS. The van der Waals surface area contributed by atoms with Crippen LogP contribution in [-0.2, 0) is 4.79 Å². The summed E-state index contributed by atoms with van der Waals surface area (Å²) in [5, 5.41) is 2.93. The van der Waals surface area contributed by atoms with E-state index in [9.17, 15) is 4.79 Å². The first kappa shape index (κ1) is 13.4. The van der Waals surface area contributed by atoms with E-state index >= 15 is 0 Å². The van der Waals surface area contributed by atoms with Gasteiger partial charge in [0, 0.05) is 6.54 Å². The van der Waals surface area contributed by atoms with Crippen LogP contribution in [0.15, 0.2) is 0 Å². The zero-order chi connectivity index (χ0) is 12.2. The molecule has 0 aromatic heterocycles. The summed E-state index contributed by atoms with van der Waals surface area (Å²) in [6.07, 6.45) is 5.68. The molecule has 3 N–H and O–H groups in total. The molecule has 1 aliphatic rings. The second-order valence-corrected chi connectivity index (χ2v) is 5.33. The van der Waals surface area contributed by atoms with Gasteiger partial charge in [-0.15, -0.1) is 0 Å². The molecule has 1 saturated carbocycles. The van der Waals surface area contributed by atoms with Crippen molar-refractivity contribution in [2.24, 2.45) is 17.1 Å². The lowest BCUT2D eigenvalue weighted by molar-refractivity contribution is -0.126. The van der Waals surface area contributed by atoms with Gasteiger partial charge in [-0.05, 0) is 32.1 Å². The minimum Gasteiger partial charge on any atom is -0.392 e. The molecule has 0 aliphatic heterocycles. The molecule has 0 bridgehead atoms. The molecule has 1 rings (SSSR count). The zero-order valence-corrected chi connectivity index (χ0v) is 11.0. The van der Waals surface area contributed by atoms with Gasteiger partial charge in [0.15, 0.2) is 0 Å². The largest absolute Gasteiger partial charge is 0.392 e. The number of amides is 1. The first-order chi connectivity index (χ1) is 7.50. The van der Waals surface area contributed by atoms with Crippen molar-refractivity contribution in [3.8, 4) is 0 Å². The number of nitrogens with two attached hydrogens (primary N) is 1. The lowest BCUT2D eigenvalue weighted by Gasteiger charge is -2.25. The summed E-state index contributed by atoms with van der Waals surface area (Å²) >= 11 is 4.95. The Hall–Kier alpha value is -0.640. The number of rotatable bonds is 7. The van der Waals surface area contributed by atoms with Crippen molar-refractivity contribution < 1.29 is 4.79 Å². The highest BCUT2D eigenvalue weighted by atomic mass is 32.1. The van der Waals surface area contributed by atoms with E-state index in [1.165, 1.54) is 19.3 Å². The molecule has 92 valence electrons. The molecule has 3 nitrogen and oxygen atoms in total. The standard InChI is InChI=1S/C12H22N2OS/c1-3-12(2,10(13)16)11(15)14-8-4-5-9-6-7-9/h9H,3-8H2,1-2H3,(H2,13,16)(H,14,15). The van der Waals surface area contributed by atoms with Crippen molar-refractivity contribution in [1.82, 2.24) is 5.32 Å². The first-order valence-electron chi connectivity index (χ1n) is 6.09. The minimum absolute atomic E-state index is 0.0294. The Morgan fingerprint density at radius 2 is 2.19 bits per heavy atom. The summed E-state index contributed by atoms with van der Waals surface area (Å²) in [5.41, 5.74) is 4.93. The van der Waals surface area contributed by atoms with Gasteiger partial charge >= 0.3 is 0 Å². The molecule has 0 radical (unpaired) electrons. The Labute approximate surface area is 103 Å². The Morgan fingerprint density at radius 1 is 1.56 bits per heavy atom. The van der Waals surface area contributed by atoms with E-state index in [0.717, 1.165) is 18.9 Å². The van der Waals surface area contributed by atoms with Gasteiger partial charge in [-0.1, -0.05) is 32.0 Å². The average Bonchev–Trinajstić information content (AvgIpc) is 3.06. The minimum atomic E-state index is -0.686. The lowest BCUT2D eigenvalue weighted by atomic mass is 9.86. The summed E-state index contributed by atoms with van der Waals surface area (Å²) in [4.78, 5) is 12.2. The van der Waals surface area contributed by atoms with E-state index < -0.39 is 5.41 Å². The Kier molecular flexibility index (Phi) is 4.71. The van der Waals surface area contributed by atoms with Crippen molar-refractivity contribution in [3.05, 3.63) is 0 Å². The third-order valence-electron chi connectivity index (χ3n) is 3.52. The Morgan fingerprint density at radius 3 is 2.62 bits per heavy atom. The van der Waals surface area contributed by atoms with Gasteiger partial charge < -0.3 is 11.1 Å². The summed E-state index contributed by atoms with van der Waals surface area (Å²) in [5.74, 6) is 0.892. The maximum atomic E-state index is 11.9. The Balaban J connectivity index is 2.28. The normalized spacial score (nSPS) is 18.9. The van der Waals surface area contributed by atoms with Crippen LogP contribution in [0.5, 0.6) is 0 Å². The molecule has 0 heterocycles. The van der Waals surface area contributed by atoms with Gasteiger partial charge in [-0.25, -0.2) is 0 Å². The SMILES string of the molecule is CCC(C)(C(=O)NCCCC1CC1)C(N)=S. The number of carbonyl (C=O) groups is 1. The Bertz CT molecular complexity index is 276. The lowest BCUT2D eigenvalue weighted by Crippen LogP contribution is -2.46. The second-order valence-electron chi connectivity index (χ2n) is 4.89. The fraction of sp³-hybridized carbons (Fsp3) is 0.833. The van der Waals surface area contributed by atoms with Gasteiger partial charge in [0.25, 0.3) is 0 Å². The van der Waals surface area contributed by atoms with Gasteiger partial charge in [0.05, 0.1) is 10.4 Å². The molecule has 1 amide bonds. The van der Waals surface area contributed by atoms with Crippen molar-refractivity contribution in [2.75, 3.05) is 6.54 Å². The number of hydrogen-bond acceptors (Lipinski definition) is 2. The monoisotopic (exact) mass is 242 g/mol. The van der Waals surface area contributed by atoms with Gasteiger partial charge in [-0.3, -0.25) is 4.79 Å². The number of thiocarbonyl (C=S) groups is 1. The van der Waals surface area contributed by atoms with Gasteiger partial charge in [0.1, 0.15) is 0 Å².